The summed E-state index contributed by atoms with van der Waals surface area (Å²) in [7, 11) is 0. The third kappa shape index (κ3) is 6.60. The molecule has 32 heavy (non-hydrogen) atoms. The van der Waals surface area contributed by atoms with E-state index in [2.05, 4.69) is 15.8 Å². The number of benzene rings is 3. The summed E-state index contributed by atoms with van der Waals surface area (Å²) in [6, 6.07) is 23.3. The minimum atomic E-state index is -0.535. The fraction of sp³-hybridized carbons (Fsp3) is 0.125. The predicted molar refractivity (Wildman–Crippen MR) is 123 cm³/mol. The van der Waals surface area contributed by atoms with E-state index < -0.39 is 10.8 Å². The van der Waals surface area contributed by atoms with Crippen molar-refractivity contribution in [3.8, 4) is 11.1 Å². The highest BCUT2D eigenvalue weighted by atomic mass is 16.6. The van der Waals surface area contributed by atoms with E-state index in [0.717, 1.165) is 16.7 Å². The van der Waals surface area contributed by atoms with Gasteiger partial charge in [-0.3, -0.25) is 19.7 Å². The first-order valence-electron chi connectivity index (χ1n) is 9.91. The Hall–Kier alpha value is -4.33. The van der Waals surface area contributed by atoms with E-state index in [1.165, 1.54) is 18.2 Å². The molecule has 0 fully saturated rings. The maximum atomic E-state index is 12.2. The highest BCUT2D eigenvalue weighted by molar-refractivity contribution is 6.05. The number of nitro benzene ring substituents is 1. The average Bonchev–Trinajstić information content (AvgIpc) is 2.79. The van der Waals surface area contributed by atoms with Crippen LogP contribution in [0.3, 0.4) is 0 Å². The number of hydrogen-bond acceptors (Lipinski definition) is 5. The smallest absolute Gasteiger partial charge is 0.271 e. The molecule has 0 saturated heterocycles. The van der Waals surface area contributed by atoms with Crippen molar-refractivity contribution in [3.05, 3.63) is 94.5 Å². The second-order valence-corrected chi connectivity index (χ2v) is 7.15. The first-order valence-corrected chi connectivity index (χ1v) is 9.91. The standard InChI is InChI=1S/C24H22N4O4/c1-17(14-23(29)25-21-8-5-9-22(16-21)28(31)32)26-27-24(30)15-18-10-12-20(13-11-18)19-6-3-2-4-7-19/h2-13,16H,14-15H2,1H3,(H,25,29)(H,27,30)/b26-17+. The van der Waals surface area contributed by atoms with Gasteiger partial charge in [-0.05, 0) is 29.7 Å². The molecule has 0 saturated carbocycles. The molecule has 0 aliphatic carbocycles. The highest BCUT2D eigenvalue weighted by Crippen LogP contribution is 2.19. The molecule has 3 rings (SSSR count). The zero-order chi connectivity index (χ0) is 22.9. The number of carbonyl (C=O) groups excluding carboxylic acids is 2. The first kappa shape index (κ1) is 22.4. The molecule has 162 valence electrons. The monoisotopic (exact) mass is 430 g/mol. The number of rotatable bonds is 8. The number of nitro groups is 1. The van der Waals surface area contributed by atoms with Crippen LogP contribution in [0.1, 0.15) is 18.9 Å². The van der Waals surface area contributed by atoms with Crippen molar-refractivity contribution in [3.63, 3.8) is 0 Å². The van der Waals surface area contributed by atoms with Crippen molar-refractivity contribution < 1.29 is 14.5 Å². The summed E-state index contributed by atoms with van der Waals surface area (Å²) in [5, 5.41) is 17.4. The lowest BCUT2D eigenvalue weighted by molar-refractivity contribution is -0.384. The van der Waals surface area contributed by atoms with Crippen molar-refractivity contribution in [2.45, 2.75) is 19.8 Å². The molecule has 2 amide bonds. The number of amides is 2. The molecule has 3 aromatic carbocycles. The average molecular weight is 430 g/mol. The SMILES string of the molecule is C/C(CC(=O)Nc1cccc([N+](=O)[O-])c1)=N\NC(=O)Cc1ccc(-c2ccccc2)cc1. The van der Waals surface area contributed by atoms with Crippen molar-refractivity contribution in [1.82, 2.24) is 5.43 Å². The summed E-state index contributed by atoms with van der Waals surface area (Å²) < 4.78 is 0. The maximum Gasteiger partial charge on any atom is 0.271 e. The van der Waals surface area contributed by atoms with Crippen LogP contribution in [0.2, 0.25) is 0 Å². The molecule has 0 spiro atoms. The van der Waals surface area contributed by atoms with Crippen LogP contribution in [-0.2, 0) is 16.0 Å². The van der Waals surface area contributed by atoms with Gasteiger partial charge in [-0.1, -0.05) is 60.7 Å². The van der Waals surface area contributed by atoms with Crippen LogP contribution < -0.4 is 10.7 Å². The third-order valence-corrected chi connectivity index (χ3v) is 4.55. The van der Waals surface area contributed by atoms with Gasteiger partial charge in [0.25, 0.3) is 5.69 Å². The fourth-order valence-corrected chi connectivity index (χ4v) is 3.00. The van der Waals surface area contributed by atoms with Crippen molar-refractivity contribution in [2.75, 3.05) is 5.32 Å². The predicted octanol–water partition coefficient (Wildman–Crippen LogP) is 4.33. The molecular weight excluding hydrogens is 408 g/mol. The number of hydrazone groups is 1. The largest absolute Gasteiger partial charge is 0.326 e. The molecule has 8 heteroatoms. The normalized spacial score (nSPS) is 11.0. The van der Waals surface area contributed by atoms with Crippen molar-refractivity contribution in [2.24, 2.45) is 5.10 Å². The molecular formula is C24H22N4O4. The summed E-state index contributed by atoms with van der Waals surface area (Å²) in [6.45, 7) is 1.61. The van der Waals surface area contributed by atoms with Gasteiger partial charge in [0, 0.05) is 23.5 Å². The zero-order valence-electron chi connectivity index (χ0n) is 17.4. The lowest BCUT2D eigenvalue weighted by Gasteiger charge is -2.06. The molecule has 0 heterocycles. The lowest BCUT2D eigenvalue weighted by atomic mass is 10.0. The minimum Gasteiger partial charge on any atom is -0.326 e. The van der Waals surface area contributed by atoms with Crippen LogP contribution in [0.4, 0.5) is 11.4 Å². The molecule has 0 aromatic heterocycles. The Morgan fingerprint density at radius 3 is 2.28 bits per heavy atom. The molecule has 0 bridgehead atoms. The molecule has 0 aliphatic heterocycles. The summed E-state index contributed by atoms with van der Waals surface area (Å²) >= 11 is 0. The Morgan fingerprint density at radius 2 is 1.59 bits per heavy atom. The van der Waals surface area contributed by atoms with Gasteiger partial charge in [-0.25, -0.2) is 5.43 Å². The Balaban J connectivity index is 1.49. The van der Waals surface area contributed by atoms with Gasteiger partial charge in [0.2, 0.25) is 11.8 Å². The van der Waals surface area contributed by atoms with E-state index >= 15 is 0 Å². The van der Waals surface area contributed by atoms with E-state index in [0.29, 0.717) is 11.4 Å². The van der Waals surface area contributed by atoms with Gasteiger partial charge in [-0.15, -0.1) is 0 Å². The van der Waals surface area contributed by atoms with Crippen LogP contribution in [-0.4, -0.2) is 22.4 Å². The number of nitrogens with zero attached hydrogens (tertiary/aromatic N) is 2. The molecule has 3 aromatic rings. The van der Waals surface area contributed by atoms with Gasteiger partial charge in [0.05, 0.1) is 17.8 Å². The number of nitrogens with one attached hydrogen (secondary N) is 2. The minimum absolute atomic E-state index is 0.0608. The molecule has 2 N–H and O–H groups in total. The van der Waals surface area contributed by atoms with E-state index in [9.17, 15) is 19.7 Å². The third-order valence-electron chi connectivity index (χ3n) is 4.55. The number of carbonyl (C=O) groups is 2. The van der Waals surface area contributed by atoms with Crippen molar-refractivity contribution in [1.29, 1.82) is 0 Å². The molecule has 8 nitrogen and oxygen atoms in total. The quantitative estimate of drug-likeness (QED) is 0.315. The van der Waals surface area contributed by atoms with Gasteiger partial charge < -0.3 is 5.32 Å². The fourth-order valence-electron chi connectivity index (χ4n) is 3.00. The zero-order valence-corrected chi connectivity index (χ0v) is 17.4. The topological polar surface area (TPSA) is 114 Å². The van der Waals surface area contributed by atoms with Gasteiger partial charge in [-0.2, -0.15) is 5.10 Å². The maximum absolute atomic E-state index is 12.2. The Morgan fingerprint density at radius 1 is 0.906 bits per heavy atom. The van der Waals surface area contributed by atoms with E-state index in [1.807, 2.05) is 54.6 Å². The van der Waals surface area contributed by atoms with E-state index in [-0.39, 0.29) is 24.4 Å². The summed E-state index contributed by atoms with van der Waals surface area (Å²) in [5.74, 6) is -0.687. The second kappa shape index (κ2) is 10.6. The van der Waals surface area contributed by atoms with Crippen LogP contribution in [0.5, 0.6) is 0 Å². The summed E-state index contributed by atoms with van der Waals surface area (Å²) in [4.78, 5) is 34.6. The van der Waals surface area contributed by atoms with Gasteiger partial charge >= 0.3 is 0 Å². The Labute approximate surface area is 185 Å². The number of hydrogen-bond donors (Lipinski definition) is 2. The first-order chi connectivity index (χ1) is 15.4. The van der Waals surface area contributed by atoms with Crippen LogP contribution >= 0.6 is 0 Å². The van der Waals surface area contributed by atoms with Crippen molar-refractivity contribution >= 4 is 28.9 Å². The summed E-state index contributed by atoms with van der Waals surface area (Å²) in [6.07, 6.45) is 0.0977. The molecule has 0 radical (unpaired) electrons. The lowest BCUT2D eigenvalue weighted by Crippen LogP contribution is -2.22. The Bertz CT molecular complexity index is 1140. The highest BCUT2D eigenvalue weighted by Gasteiger charge is 2.10. The molecule has 0 unspecified atom stereocenters. The van der Waals surface area contributed by atoms with E-state index in [4.69, 9.17) is 0 Å². The number of anilines is 1. The van der Waals surface area contributed by atoms with Gasteiger partial charge in [0.1, 0.15) is 0 Å². The summed E-state index contributed by atoms with van der Waals surface area (Å²) in [5.41, 5.74) is 6.08. The second-order valence-electron chi connectivity index (χ2n) is 7.15. The van der Waals surface area contributed by atoms with Gasteiger partial charge in [0.15, 0.2) is 0 Å². The number of non-ortho nitro benzene ring substituents is 1. The van der Waals surface area contributed by atoms with Crippen LogP contribution in [0.25, 0.3) is 11.1 Å². The Kier molecular flexibility index (Phi) is 7.42. The van der Waals surface area contributed by atoms with Crippen LogP contribution in [0, 0.1) is 10.1 Å². The molecule has 0 atom stereocenters. The van der Waals surface area contributed by atoms with E-state index in [1.54, 1.807) is 13.0 Å². The van der Waals surface area contributed by atoms with Crippen LogP contribution in [0.15, 0.2) is 84.0 Å². The molecule has 0 aliphatic rings.